The van der Waals surface area contributed by atoms with E-state index in [1.807, 2.05) is 24.3 Å². The normalized spacial score (nSPS) is 14.2. The maximum Gasteiger partial charge on any atom is 0.203 e. The molecule has 1 fully saturated rings. The predicted octanol–water partition coefficient (Wildman–Crippen LogP) is 4.76. The number of benzene rings is 2. The average Bonchev–Trinajstić information content (AvgIpc) is 3.24. The molecule has 1 saturated heterocycles. The molecular formula is C31H48N2O8. The van der Waals surface area contributed by atoms with E-state index in [-0.39, 0.29) is 0 Å². The second-order valence-electron chi connectivity index (χ2n) is 9.87. The van der Waals surface area contributed by atoms with E-state index in [0.717, 1.165) is 76.5 Å². The molecule has 0 amide bonds. The predicted molar refractivity (Wildman–Crippen MR) is 159 cm³/mol. The Balaban J connectivity index is 1.30. The third kappa shape index (κ3) is 9.67. The van der Waals surface area contributed by atoms with Crippen molar-refractivity contribution in [2.45, 2.75) is 32.1 Å². The third-order valence-electron chi connectivity index (χ3n) is 7.23. The second-order valence-corrected chi connectivity index (χ2v) is 9.87. The van der Waals surface area contributed by atoms with Crippen LogP contribution in [0.2, 0.25) is 0 Å². The monoisotopic (exact) mass is 576 g/mol. The summed E-state index contributed by atoms with van der Waals surface area (Å²) >= 11 is 0. The summed E-state index contributed by atoms with van der Waals surface area (Å²) in [6.07, 6.45) is 5.38. The van der Waals surface area contributed by atoms with E-state index in [0.29, 0.717) is 47.7 Å². The number of rotatable bonds is 18. The molecule has 10 nitrogen and oxygen atoms in total. The Hall–Kier alpha value is -3.24. The van der Waals surface area contributed by atoms with Crippen LogP contribution in [0.3, 0.4) is 0 Å². The van der Waals surface area contributed by atoms with Gasteiger partial charge in [-0.3, -0.25) is 0 Å². The van der Waals surface area contributed by atoms with Crippen molar-refractivity contribution in [2.75, 3.05) is 95.1 Å². The fourth-order valence-corrected chi connectivity index (χ4v) is 5.01. The summed E-state index contributed by atoms with van der Waals surface area (Å²) in [5.41, 5.74) is 0. The Labute approximate surface area is 245 Å². The molecule has 0 unspecified atom stereocenters. The first kappa shape index (κ1) is 32.3. The number of ether oxygens (including phenoxy) is 8. The summed E-state index contributed by atoms with van der Waals surface area (Å²) in [6, 6.07) is 7.35. The van der Waals surface area contributed by atoms with Crippen molar-refractivity contribution >= 4 is 0 Å². The molecule has 41 heavy (non-hydrogen) atoms. The van der Waals surface area contributed by atoms with E-state index >= 15 is 0 Å². The van der Waals surface area contributed by atoms with E-state index in [4.69, 9.17) is 37.9 Å². The summed E-state index contributed by atoms with van der Waals surface area (Å²) in [5, 5.41) is 0. The number of unbranched alkanes of at least 4 members (excludes halogenated alkanes) is 2. The summed E-state index contributed by atoms with van der Waals surface area (Å²) in [6.45, 7) is 7.99. The second kappa shape index (κ2) is 17.5. The van der Waals surface area contributed by atoms with E-state index < -0.39 is 0 Å². The highest BCUT2D eigenvalue weighted by molar-refractivity contribution is 5.56. The average molecular weight is 577 g/mol. The van der Waals surface area contributed by atoms with Gasteiger partial charge in [-0.2, -0.15) is 0 Å². The van der Waals surface area contributed by atoms with E-state index in [1.165, 1.54) is 6.42 Å². The van der Waals surface area contributed by atoms with Crippen molar-refractivity contribution in [1.29, 1.82) is 0 Å². The molecule has 230 valence electrons. The SMILES string of the molecule is COc1cc(OCCCCN2CCCN(CCCCOc3cc(OC)c(OC)c(OC)c3)CC2)cc(OC)c1OC. The fourth-order valence-electron chi connectivity index (χ4n) is 5.01. The van der Waals surface area contributed by atoms with Gasteiger partial charge in [0.2, 0.25) is 11.5 Å². The van der Waals surface area contributed by atoms with Crippen LogP contribution in [0, 0.1) is 0 Å². The molecule has 0 aromatic heterocycles. The molecule has 0 saturated carbocycles. The first-order valence-electron chi connectivity index (χ1n) is 14.4. The summed E-state index contributed by atoms with van der Waals surface area (Å²) in [4.78, 5) is 5.15. The molecule has 0 bridgehead atoms. The summed E-state index contributed by atoms with van der Waals surface area (Å²) in [7, 11) is 9.63. The van der Waals surface area contributed by atoms with Crippen LogP contribution in [-0.4, -0.2) is 105 Å². The molecule has 0 atom stereocenters. The van der Waals surface area contributed by atoms with Gasteiger partial charge in [0.15, 0.2) is 23.0 Å². The zero-order valence-corrected chi connectivity index (χ0v) is 25.7. The van der Waals surface area contributed by atoms with Gasteiger partial charge in [-0.1, -0.05) is 0 Å². The van der Waals surface area contributed by atoms with Gasteiger partial charge < -0.3 is 47.7 Å². The molecule has 0 radical (unpaired) electrons. The zero-order chi connectivity index (χ0) is 29.5. The largest absolute Gasteiger partial charge is 0.493 e. The van der Waals surface area contributed by atoms with Crippen molar-refractivity contribution in [2.24, 2.45) is 0 Å². The smallest absolute Gasteiger partial charge is 0.203 e. The van der Waals surface area contributed by atoms with Crippen molar-refractivity contribution in [1.82, 2.24) is 9.80 Å². The lowest BCUT2D eigenvalue weighted by molar-refractivity contribution is 0.234. The molecule has 1 aliphatic rings. The number of methoxy groups -OCH3 is 6. The standard InChI is InChI=1S/C31H48N2O8/c1-34-26-20-24(21-27(35-2)30(26)38-5)40-18-9-7-12-32-14-11-15-33(17-16-32)13-8-10-19-41-25-22-28(36-3)31(39-6)29(23-25)37-4/h20-23H,7-19H2,1-6H3. The topological polar surface area (TPSA) is 80.3 Å². The Bertz CT molecular complexity index is 919. The molecule has 0 spiro atoms. The lowest BCUT2D eigenvalue weighted by atomic mass is 10.2. The van der Waals surface area contributed by atoms with E-state index in [1.54, 1.807) is 42.7 Å². The highest BCUT2D eigenvalue weighted by Gasteiger charge is 2.16. The highest BCUT2D eigenvalue weighted by Crippen LogP contribution is 2.41. The van der Waals surface area contributed by atoms with Gasteiger partial charge in [-0.05, 0) is 58.3 Å². The summed E-state index contributed by atoms with van der Waals surface area (Å²) in [5.74, 6) is 4.98. The minimum Gasteiger partial charge on any atom is -0.493 e. The van der Waals surface area contributed by atoms with Gasteiger partial charge in [0.05, 0.1) is 55.9 Å². The van der Waals surface area contributed by atoms with Gasteiger partial charge in [-0.25, -0.2) is 0 Å². The fraction of sp³-hybridized carbons (Fsp3) is 0.613. The minimum atomic E-state index is 0.571. The third-order valence-corrected chi connectivity index (χ3v) is 7.23. The maximum atomic E-state index is 5.98. The lowest BCUT2D eigenvalue weighted by Crippen LogP contribution is -2.32. The van der Waals surface area contributed by atoms with Crippen molar-refractivity contribution in [3.8, 4) is 46.0 Å². The Morgan fingerprint density at radius 3 is 1.17 bits per heavy atom. The molecule has 10 heteroatoms. The van der Waals surface area contributed by atoms with Gasteiger partial charge in [-0.15, -0.1) is 0 Å². The van der Waals surface area contributed by atoms with Crippen LogP contribution in [0.1, 0.15) is 32.1 Å². The highest BCUT2D eigenvalue weighted by atomic mass is 16.5. The number of hydrogen-bond acceptors (Lipinski definition) is 10. The number of hydrogen-bond donors (Lipinski definition) is 0. The van der Waals surface area contributed by atoms with Crippen LogP contribution in [0.15, 0.2) is 24.3 Å². The molecule has 2 aromatic rings. The van der Waals surface area contributed by atoms with E-state index in [9.17, 15) is 0 Å². The quantitative estimate of drug-likeness (QED) is 0.232. The lowest BCUT2D eigenvalue weighted by Gasteiger charge is -2.22. The molecule has 0 aliphatic carbocycles. The molecule has 1 aliphatic heterocycles. The van der Waals surface area contributed by atoms with Crippen LogP contribution in [0.25, 0.3) is 0 Å². The molecule has 3 rings (SSSR count). The van der Waals surface area contributed by atoms with Gasteiger partial charge in [0, 0.05) is 37.4 Å². The zero-order valence-electron chi connectivity index (χ0n) is 25.7. The molecule has 0 N–H and O–H groups in total. The molecular weight excluding hydrogens is 528 g/mol. The van der Waals surface area contributed by atoms with Crippen molar-refractivity contribution < 1.29 is 37.9 Å². The van der Waals surface area contributed by atoms with Crippen LogP contribution in [-0.2, 0) is 0 Å². The van der Waals surface area contributed by atoms with Crippen molar-refractivity contribution in [3.05, 3.63) is 24.3 Å². The van der Waals surface area contributed by atoms with Crippen LogP contribution in [0.4, 0.5) is 0 Å². The molecule has 2 aromatic carbocycles. The van der Waals surface area contributed by atoms with Crippen molar-refractivity contribution in [3.63, 3.8) is 0 Å². The number of nitrogens with zero attached hydrogens (tertiary/aromatic N) is 2. The van der Waals surface area contributed by atoms with Crippen LogP contribution < -0.4 is 37.9 Å². The first-order valence-corrected chi connectivity index (χ1v) is 14.4. The maximum absolute atomic E-state index is 5.98. The van der Waals surface area contributed by atoms with Gasteiger partial charge in [0.25, 0.3) is 0 Å². The van der Waals surface area contributed by atoms with Crippen LogP contribution >= 0.6 is 0 Å². The first-order chi connectivity index (χ1) is 20.1. The summed E-state index contributed by atoms with van der Waals surface area (Å²) < 4.78 is 44.4. The minimum absolute atomic E-state index is 0.571. The van der Waals surface area contributed by atoms with E-state index in [2.05, 4.69) is 9.80 Å². The van der Waals surface area contributed by atoms with Crippen LogP contribution in [0.5, 0.6) is 46.0 Å². The Morgan fingerprint density at radius 2 is 0.854 bits per heavy atom. The Morgan fingerprint density at radius 1 is 0.488 bits per heavy atom. The van der Waals surface area contributed by atoms with Gasteiger partial charge in [0.1, 0.15) is 11.5 Å². The Kier molecular flexibility index (Phi) is 13.8. The van der Waals surface area contributed by atoms with Gasteiger partial charge >= 0.3 is 0 Å². The molecule has 1 heterocycles.